The minimum atomic E-state index is -0.534. The Labute approximate surface area is 102 Å². The molecule has 96 valence electrons. The van der Waals surface area contributed by atoms with Crippen LogP contribution in [0.15, 0.2) is 4.52 Å². The van der Waals surface area contributed by atoms with E-state index < -0.39 is 5.54 Å². The van der Waals surface area contributed by atoms with E-state index in [2.05, 4.69) is 22.1 Å². The van der Waals surface area contributed by atoms with Crippen molar-refractivity contribution in [1.29, 1.82) is 0 Å². The lowest BCUT2D eigenvalue weighted by Gasteiger charge is -2.21. The van der Waals surface area contributed by atoms with Crippen molar-refractivity contribution in [3.8, 4) is 0 Å². The molecule has 5 nitrogen and oxygen atoms in total. The summed E-state index contributed by atoms with van der Waals surface area (Å²) in [5, 5.41) is 3.93. The Kier molecular flexibility index (Phi) is 3.49. The Balaban J connectivity index is 1.96. The van der Waals surface area contributed by atoms with Gasteiger partial charge in [-0.3, -0.25) is 4.90 Å². The Morgan fingerprint density at radius 1 is 1.41 bits per heavy atom. The number of aromatic nitrogens is 2. The molecule has 0 aromatic carbocycles. The molecule has 0 amide bonds. The van der Waals surface area contributed by atoms with E-state index >= 15 is 0 Å². The van der Waals surface area contributed by atoms with Gasteiger partial charge < -0.3 is 10.3 Å². The molecule has 0 bridgehead atoms. The second-order valence-corrected chi connectivity index (χ2v) is 5.59. The van der Waals surface area contributed by atoms with Crippen LogP contribution in [0.4, 0.5) is 0 Å². The van der Waals surface area contributed by atoms with Gasteiger partial charge in [0.25, 0.3) is 0 Å². The van der Waals surface area contributed by atoms with Gasteiger partial charge in [0.2, 0.25) is 5.89 Å². The van der Waals surface area contributed by atoms with Crippen LogP contribution in [-0.2, 0) is 12.1 Å². The molecule has 1 aliphatic rings. The highest BCUT2D eigenvalue weighted by Crippen LogP contribution is 2.23. The SMILES string of the molecule is CN(Cc1nc(C(C)(C)N)no1)C1CCCC1. The number of hydrogen-bond acceptors (Lipinski definition) is 5. The van der Waals surface area contributed by atoms with Crippen LogP contribution in [0.1, 0.15) is 51.2 Å². The first-order valence-corrected chi connectivity index (χ1v) is 6.29. The largest absolute Gasteiger partial charge is 0.338 e. The summed E-state index contributed by atoms with van der Waals surface area (Å²) < 4.78 is 5.24. The van der Waals surface area contributed by atoms with E-state index in [1.165, 1.54) is 25.7 Å². The quantitative estimate of drug-likeness (QED) is 0.863. The maximum atomic E-state index is 5.92. The molecule has 0 spiro atoms. The maximum absolute atomic E-state index is 5.92. The van der Waals surface area contributed by atoms with Crippen molar-refractivity contribution >= 4 is 0 Å². The monoisotopic (exact) mass is 238 g/mol. The van der Waals surface area contributed by atoms with Crippen LogP contribution in [-0.4, -0.2) is 28.1 Å². The molecule has 1 aliphatic carbocycles. The van der Waals surface area contributed by atoms with Gasteiger partial charge in [0, 0.05) is 6.04 Å². The summed E-state index contributed by atoms with van der Waals surface area (Å²) in [5.41, 5.74) is 5.39. The zero-order valence-electron chi connectivity index (χ0n) is 10.9. The van der Waals surface area contributed by atoms with Gasteiger partial charge in [-0.05, 0) is 33.7 Å². The topological polar surface area (TPSA) is 68.2 Å². The molecule has 0 atom stereocenters. The van der Waals surface area contributed by atoms with E-state index in [0.29, 0.717) is 24.3 Å². The Bertz CT molecular complexity index is 363. The smallest absolute Gasteiger partial charge is 0.240 e. The molecular weight excluding hydrogens is 216 g/mol. The average molecular weight is 238 g/mol. The Hall–Kier alpha value is -0.940. The first-order valence-electron chi connectivity index (χ1n) is 6.29. The van der Waals surface area contributed by atoms with Crippen molar-refractivity contribution in [2.45, 2.75) is 57.7 Å². The van der Waals surface area contributed by atoms with Gasteiger partial charge >= 0.3 is 0 Å². The fraction of sp³-hybridized carbons (Fsp3) is 0.833. The van der Waals surface area contributed by atoms with Crippen LogP contribution in [0.2, 0.25) is 0 Å². The van der Waals surface area contributed by atoms with Crippen LogP contribution < -0.4 is 5.73 Å². The summed E-state index contributed by atoms with van der Waals surface area (Å²) in [4.78, 5) is 6.65. The van der Waals surface area contributed by atoms with Crippen LogP contribution in [0.5, 0.6) is 0 Å². The summed E-state index contributed by atoms with van der Waals surface area (Å²) in [5.74, 6) is 1.24. The third kappa shape index (κ3) is 3.04. The summed E-state index contributed by atoms with van der Waals surface area (Å²) in [7, 11) is 2.12. The summed E-state index contributed by atoms with van der Waals surface area (Å²) in [6.45, 7) is 4.47. The minimum Gasteiger partial charge on any atom is -0.338 e. The van der Waals surface area contributed by atoms with Gasteiger partial charge in [-0.1, -0.05) is 18.0 Å². The second kappa shape index (κ2) is 4.74. The predicted octanol–water partition coefficient (Wildman–Crippen LogP) is 1.64. The molecule has 0 saturated heterocycles. The third-order valence-electron chi connectivity index (χ3n) is 3.38. The maximum Gasteiger partial charge on any atom is 0.240 e. The van der Waals surface area contributed by atoms with Crippen molar-refractivity contribution in [2.24, 2.45) is 5.73 Å². The molecule has 5 heteroatoms. The predicted molar refractivity (Wildman–Crippen MR) is 65.2 cm³/mol. The lowest BCUT2D eigenvalue weighted by Crippen LogP contribution is -2.31. The lowest BCUT2D eigenvalue weighted by atomic mass is 10.1. The number of nitrogens with zero attached hydrogens (tertiary/aromatic N) is 3. The molecule has 1 aromatic heterocycles. The zero-order chi connectivity index (χ0) is 12.5. The van der Waals surface area contributed by atoms with Crippen molar-refractivity contribution in [3.05, 3.63) is 11.7 Å². The number of rotatable bonds is 4. The molecule has 2 rings (SSSR count). The fourth-order valence-corrected chi connectivity index (χ4v) is 2.27. The van der Waals surface area contributed by atoms with Gasteiger partial charge in [0.1, 0.15) is 0 Å². The normalized spacial score (nSPS) is 18.2. The summed E-state index contributed by atoms with van der Waals surface area (Å²) >= 11 is 0. The van der Waals surface area contributed by atoms with Gasteiger partial charge in [-0.2, -0.15) is 4.98 Å². The number of hydrogen-bond donors (Lipinski definition) is 1. The van der Waals surface area contributed by atoms with Crippen LogP contribution >= 0.6 is 0 Å². The Morgan fingerprint density at radius 3 is 2.59 bits per heavy atom. The molecule has 1 heterocycles. The first kappa shape index (κ1) is 12.5. The molecule has 0 unspecified atom stereocenters. The highest BCUT2D eigenvalue weighted by molar-refractivity contribution is 4.99. The van der Waals surface area contributed by atoms with Gasteiger partial charge in [-0.25, -0.2) is 0 Å². The Morgan fingerprint density at radius 2 is 2.06 bits per heavy atom. The van der Waals surface area contributed by atoms with E-state index in [1.54, 1.807) is 0 Å². The average Bonchev–Trinajstić information content (AvgIpc) is 2.85. The van der Waals surface area contributed by atoms with E-state index in [1.807, 2.05) is 13.8 Å². The highest BCUT2D eigenvalue weighted by atomic mass is 16.5. The molecule has 1 aromatic rings. The molecular formula is C12H22N4O. The van der Waals surface area contributed by atoms with E-state index in [9.17, 15) is 0 Å². The van der Waals surface area contributed by atoms with Gasteiger partial charge in [0.15, 0.2) is 5.82 Å². The number of nitrogens with two attached hydrogens (primary N) is 1. The summed E-state index contributed by atoms with van der Waals surface area (Å²) in [6.07, 6.45) is 5.22. The standard InChI is InChI=1S/C12H22N4O/c1-12(2,13)11-14-10(17-15-11)8-16(3)9-6-4-5-7-9/h9H,4-8,13H2,1-3H3. The third-order valence-corrected chi connectivity index (χ3v) is 3.38. The second-order valence-electron chi connectivity index (χ2n) is 5.59. The van der Waals surface area contributed by atoms with Crippen LogP contribution in [0, 0.1) is 0 Å². The van der Waals surface area contributed by atoms with E-state index in [0.717, 1.165) is 0 Å². The fourth-order valence-electron chi connectivity index (χ4n) is 2.27. The van der Waals surface area contributed by atoms with Crippen molar-refractivity contribution in [1.82, 2.24) is 15.0 Å². The summed E-state index contributed by atoms with van der Waals surface area (Å²) in [6, 6.07) is 0.663. The van der Waals surface area contributed by atoms with Gasteiger partial charge in [-0.15, -0.1) is 0 Å². The molecule has 0 aliphatic heterocycles. The molecule has 17 heavy (non-hydrogen) atoms. The zero-order valence-corrected chi connectivity index (χ0v) is 10.9. The van der Waals surface area contributed by atoms with Crippen LogP contribution in [0.3, 0.4) is 0 Å². The van der Waals surface area contributed by atoms with E-state index in [-0.39, 0.29) is 0 Å². The lowest BCUT2D eigenvalue weighted by molar-refractivity contribution is 0.205. The highest BCUT2D eigenvalue weighted by Gasteiger charge is 2.24. The van der Waals surface area contributed by atoms with Crippen molar-refractivity contribution in [3.63, 3.8) is 0 Å². The molecule has 0 radical (unpaired) electrons. The van der Waals surface area contributed by atoms with Crippen molar-refractivity contribution in [2.75, 3.05) is 7.05 Å². The van der Waals surface area contributed by atoms with Gasteiger partial charge in [0.05, 0.1) is 12.1 Å². The van der Waals surface area contributed by atoms with Crippen molar-refractivity contribution < 1.29 is 4.52 Å². The molecule has 1 fully saturated rings. The minimum absolute atomic E-state index is 0.534. The van der Waals surface area contributed by atoms with E-state index in [4.69, 9.17) is 10.3 Å². The first-order chi connectivity index (χ1) is 7.97. The molecule has 1 saturated carbocycles. The van der Waals surface area contributed by atoms with Crippen LogP contribution in [0.25, 0.3) is 0 Å². The molecule has 2 N–H and O–H groups in total.